The van der Waals surface area contributed by atoms with Gasteiger partial charge in [0.1, 0.15) is 10.7 Å². The highest BCUT2D eigenvalue weighted by molar-refractivity contribution is 7.10. The molecule has 1 aliphatic heterocycles. The van der Waals surface area contributed by atoms with Crippen molar-refractivity contribution in [3.8, 4) is 0 Å². The fraction of sp³-hybridized carbons (Fsp3) is 0.857. The molecule has 2 rings (SSSR count). The molecule has 1 aromatic heterocycles. The van der Waals surface area contributed by atoms with E-state index in [1.807, 2.05) is 0 Å². The number of likely N-dealkylation sites (tertiary alicyclic amines) is 1. The molecule has 3 atom stereocenters. The minimum atomic E-state index is 0.636. The van der Waals surface area contributed by atoms with E-state index in [1.54, 1.807) is 0 Å². The first-order valence-electron chi connectivity index (χ1n) is 7.41. The van der Waals surface area contributed by atoms with Gasteiger partial charge in [-0.25, -0.2) is 0 Å². The Balaban J connectivity index is 2.01. The fourth-order valence-electron chi connectivity index (χ4n) is 2.92. The summed E-state index contributed by atoms with van der Waals surface area (Å²) in [6, 6.07) is 0.636. The highest BCUT2D eigenvalue weighted by Gasteiger charge is 2.29. The molecule has 1 N–H and O–H groups in total. The van der Waals surface area contributed by atoms with E-state index in [0.717, 1.165) is 42.0 Å². The predicted octanol–water partition coefficient (Wildman–Crippen LogP) is 3.23. The number of hydrogen-bond donors (Lipinski definition) is 1. The first-order chi connectivity index (χ1) is 9.11. The van der Waals surface area contributed by atoms with Gasteiger partial charge in [-0.2, -0.15) is 0 Å². The van der Waals surface area contributed by atoms with E-state index in [4.69, 9.17) is 0 Å². The van der Waals surface area contributed by atoms with Crippen LogP contribution in [0.5, 0.6) is 0 Å². The van der Waals surface area contributed by atoms with Gasteiger partial charge in [0.2, 0.25) is 0 Å². The second kappa shape index (κ2) is 6.66. The lowest BCUT2D eigenvalue weighted by molar-refractivity contribution is 0.0720. The molecule has 5 heteroatoms. The minimum Gasteiger partial charge on any atom is -0.374 e. The van der Waals surface area contributed by atoms with Crippen LogP contribution in [0.1, 0.15) is 46.2 Å². The van der Waals surface area contributed by atoms with Crippen molar-refractivity contribution in [2.24, 2.45) is 11.8 Å². The number of aromatic nitrogens is 2. The normalized spacial score (nSPS) is 28.5. The summed E-state index contributed by atoms with van der Waals surface area (Å²) in [5.74, 6) is 1.55. The topological polar surface area (TPSA) is 41.1 Å². The van der Waals surface area contributed by atoms with E-state index in [2.05, 4.69) is 47.5 Å². The van der Waals surface area contributed by atoms with E-state index >= 15 is 0 Å². The second-order valence-electron chi connectivity index (χ2n) is 5.96. The highest BCUT2D eigenvalue weighted by atomic mass is 32.1. The van der Waals surface area contributed by atoms with Crippen LogP contribution in [0, 0.1) is 11.8 Å². The summed E-state index contributed by atoms with van der Waals surface area (Å²) in [5, 5.41) is 8.90. The summed E-state index contributed by atoms with van der Waals surface area (Å²) in [4.78, 5) is 2.56. The molecule has 0 bridgehead atoms. The van der Waals surface area contributed by atoms with Gasteiger partial charge in [0.25, 0.3) is 0 Å². The van der Waals surface area contributed by atoms with Crippen molar-refractivity contribution in [3.05, 3.63) is 5.69 Å². The maximum Gasteiger partial charge on any atom is 0.134 e. The molecule has 0 aliphatic carbocycles. The Hall–Kier alpha value is -0.680. The van der Waals surface area contributed by atoms with Crippen molar-refractivity contribution in [3.63, 3.8) is 0 Å². The molecule has 3 unspecified atom stereocenters. The van der Waals surface area contributed by atoms with Gasteiger partial charge in [0, 0.05) is 37.2 Å². The van der Waals surface area contributed by atoms with E-state index in [0.29, 0.717) is 6.04 Å². The Morgan fingerprint density at radius 1 is 1.37 bits per heavy atom. The van der Waals surface area contributed by atoms with Gasteiger partial charge >= 0.3 is 0 Å². The van der Waals surface area contributed by atoms with Gasteiger partial charge in [-0.15, -0.1) is 5.10 Å². The number of rotatable bonds is 5. The van der Waals surface area contributed by atoms with E-state index in [1.165, 1.54) is 24.5 Å². The minimum absolute atomic E-state index is 0.636. The number of nitrogens with one attached hydrogen (secondary N) is 1. The molecular weight excluding hydrogens is 256 g/mol. The maximum absolute atomic E-state index is 4.31. The van der Waals surface area contributed by atoms with Crippen molar-refractivity contribution >= 4 is 16.5 Å². The monoisotopic (exact) mass is 282 g/mol. The van der Waals surface area contributed by atoms with Crippen LogP contribution in [-0.4, -0.2) is 33.6 Å². The molecule has 0 spiro atoms. The average molecular weight is 282 g/mol. The molecular formula is C14H26N4S. The molecule has 1 fully saturated rings. The first kappa shape index (κ1) is 14.7. The summed E-state index contributed by atoms with van der Waals surface area (Å²) < 4.78 is 4.11. The first-order valence-corrected chi connectivity index (χ1v) is 8.18. The Labute approximate surface area is 120 Å². The lowest BCUT2D eigenvalue weighted by Crippen LogP contribution is -2.45. The predicted molar refractivity (Wildman–Crippen MR) is 81.5 cm³/mol. The van der Waals surface area contributed by atoms with Crippen LogP contribution < -0.4 is 5.32 Å². The van der Waals surface area contributed by atoms with Crippen LogP contribution >= 0.6 is 11.5 Å². The van der Waals surface area contributed by atoms with Crippen molar-refractivity contribution in [2.45, 2.75) is 53.1 Å². The fourth-order valence-corrected chi connectivity index (χ4v) is 3.52. The molecule has 2 heterocycles. The van der Waals surface area contributed by atoms with Crippen LogP contribution in [-0.2, 0) is 6.54 Å². The second-order valence-corrected chi connectivity index (χ2v) is 6.72. The van der Waals surface area contributed by atoms with Crippen LogP contribution in [0.2, 0.25) is 0 Å². The third-order valence-corrected chi connectivity index (χ3v) is 4.89. The number of nitrogens with zero attached hydrogens (tertiary/aromatic N) is 3. The lowest BCUT2D eigenvalue weighted by Gasteiger charge is -2.40. The van der Waals surface area contributed by atoms with Crippen LogP contribution in [0.25, 0.3) is 0 Å². The standard InChI is InChI=1S/C14H26N4S/c1-5-6-15-14-13(16-17-19-14)9-18-8-10(2)7-11(3)12(18)4/h10-12,15H,5-9H2,1-4H3. The molecule has 0 radical (unpaired) electrons. The Kier molecular flexibility index (Phi) is 5.16. The molecule has 108 valence electrons. The molecule has 0 saturated carbocycles. The summed E-state index contributed by atoms with van der Waals surface area (Å²) >= 11 is 1.48. The Morgan fingerprint density at radius 2 is 2.16 bits per heavy atom. The SMILES string of the molecule is CCCNc1snnc1CN1CC(C)CC(C)C1C. The Morgan fingerprint density at radius 3 is 2.89 bits per heavy atom. The van der Waals surface area contributed by atoms with E-state index in [-0.39, 0.29) is 0 Å². The van der Waals surface area contributed by atoms with Crippen LogP contribution in [0.3, 0.4) is 0 Å². The van der Waals surface area contributed by atoms with Crippen LogP contribution in [0.4, 0.5) is 5.00 Å². The van der Waals surface area contributed by atoms with Gasteiger partial charge in [0.05, 0.1) is 0 Å². The number of piperidine rings is 1. The van der Waals surface area contributed by atoms with Gasteiger partial charge < -0.3 is 5.32 Å². The van der Waals surface area contributed by atoms with Gasteiger partial charge in [-0.05, 0) is 31.6 Å². The highest BCUT2D eigenvalue weighted by Crippen LogP contribution is 2.29. The van der Waals surface area contributed by atoms with Gasteiger partial charge in [-0.1, -0.05) is 25.3 Å². The zero-order valence-corrected chi connectivity index (χ0v) is 13.3. The summed E-state index contributed by atoms with van der Waals surface area (Å²) in [6.45, 7) is 12.3. The number of hydrogen-bond acceptors (Lipinski definition) is 5. The summed E-state index contributed by atoms with van der Waals surface area (Å²) in [5.41, 5.74) is 1.12. The Bertz CT molecular complexity index is 393. The molecule has 4 nitrogen and oxygen atoms in total. The van der Waals surface area contributed by atoms with E-state index < -0.39 is 0 Å². The van der Waals surface area contributed by atoms with Crippen LogP contribution in [0.15, 0.2) is 0 Å². The summed E-state index contributed by atoms with van der Waals surface area (Å²) in [7, 11) is 0. The third-order valence-electron chi connectivity index (χ3n) is 4.16. The van der Waals surface area contributed by atoms with Crippen molar-refractivity contribution < 1.29 is 0 Å². The van der Waals surface area contributed by atoms with Crippen molar-refractivity contribution in [1.29, 1.82) is 0 Å². The van der Waals surface area contributed by atoms with E-state index in [9.17, 15) is 0 Å². The molecule has 0 amide bonds. The lowest BCUT2D eigenvalue weighted by atomic mass is 9.86. The van der Waals surface area contributed by atoms with Crippen molar-refractivity contribution in [2.75, 3.05) is 18.4 Å². The average Bonchev–Trinajstić information content (AvgIpc) is 2.80. The quantitative estimate of drug-likeness (QED) is 0.900. The maximum atomic E-state index is 4.31. The largest absolute Gasteiger partial charge is 0.374 e. The molecule has 1 saturated heterocycles. The third kappa shape index (κ3) is 3.66. The van der Waals surface area contributed by atoms with Gasteiger partial charge in [0.15, 0.2) is 0 Å². The number of anilines is 1. The molecule has 19 heavy (non-hydrogen) atoms. The molecule has 1 aromatic rings. The molecule has 1 aliphatic rings. The summed E-state index contributed by atoms with van der Waals surface area (Å²) in [6.07, 6.45) is 2.47. The van der Waals surface area contributed by atoms with Gasteiger partial charge in [-0.3, -0.25) is 4.90 Å². The molecule has 0 aromatic carbocycles. The zero-order chi connectivity index (χ0) is 13.8. The van der Waals surface area contributed by atoms with Crippen molar-refractivity contribution in [1.82, 2.24) is 14.5 Å². The smallest absolute Gasteiger partial charge is 0.134 e. The zero-order valence-electron chi connectivity index (χ0n) is 12.5.